The molecule has 1 aliphatic heterocycles. The molecule has 1 N–H and O–H groups in total. The lowest BCUT2D eigenvalue weighted by atomic mass is 9.88. The minimum absolute atomic E-state index is 0.216. The van der Waals surface area contributed by atoms with Gasteiger partial charge in [0, 0.05) is 35.6 Å². The average molecular weight is 455 g/mol. The fraction of sp³-hybridized carbons (Fsp3) is 0.478. The first kappa shape index (κ1) is 20.7. The van der Waals surface area contributed by atoms with Crippen LogP contribution in [-0.4, -0.2) is 41.3 Å². The van der Waals surface area contributed by atoms with Crippen LogP contribution in [0.25, 0.3) is 0 Å². The molecule has 8 heteroatoms. The molecule has 31 heavy (non-hydrogen) atoms. The van der Waals surface area contributed by atoms with Crippen LogP contribution in [0.2, 0.25) is 0 Å². The smallest absolute Gasteiger partial charge is 0.260 e. The normalized spacial score (nSPS) is 26.5. The Morgan fingerprint density at radius 3 is 2.94 bits per heavy atom. The predicted molar refractivity (Wildman–Crippen MR) is 124 cm³/mol. The standard InChI is InChI=1S/C23H26N4O2S2/c28-31(29,26-23-24-16-25-30-23)19-9-6-10-20-18(15-19)12-13-22(20)27-14-5-4-11-21(27)17-7-2-1-3-8-17/h1-2,7,15-16,21-22H,3-5,8-9,11-14H2,(H,24,25,26). The molecule has 0 bridgehead atoms. The van der Waals surface area contributed by atoms with E-state index in [0.717, 1.165) is 54.9 Å². The second-order valence-electron chi connectivity index (χ2n) is 8.39. The minimum Gasteiger partial charge on any atom is -0.289 e. The van der Waals surface area contributed by atoms with Crippen molar-refractivity contribution >= 4 is 26.7 Å². The van der Waals surface area contributed by atoms with E-state index in [4.69, 9.17) is 0 Å². The molecule has 0 radical (unpaired) electrons. The Kier molecular flexibility index (Phi) is 5.83. The van der Waals surface area contributed by atoms with Crippen molar-refractivity contribution in [3.63, 3.8) is 0 Å². The first-order valence-corrected chi connectivity index (χ1v) is 13.2. The van der Waals surface area contributed by atoms with Gasteiger partial charge in [-0.25, -0.2) is 13.4 Å². The van der Waals surface area contributed by atoms with Crippen LogP contribution in [0.15, 0.2) is 52.3 Å². The second kappa shape index (κ2) is 8.73. The summed E-state index contributed by atoms with van der Waals surface area (Å²) in [5, 5.41) is 0.280. The van der Waals surface area contributed by atoms with Gasteiger partial charge in [0.05, 0.1) is 4.91 Å². The molecule has 6 nitrogen and oxygen atoms in total. The van der Waals surface area contributed by atoms with Gasteiger partial charge < -0.3 is 0 Å². The van der Waals surface area contributed by atoms with Crippen molar-refractivity contribution in [2.45, 2.75) is 63.5 Å². The lowest BCUT2D eigenvalue weighted by molar-refractivity contribution is 0.132. The van der Waals surface area contributed by atoms with Gasteiger partial charge in [-0.15, -0.1) is 0 Å². The zero-order valence-corrected chi connectivity index (χ0v) is 19.0. The highest BCUT2D eigenvalue weighted by Crippen LogP contribution is 2.39. The summed E-state index contributed by atoms with van der Waals surface area (Å²) in [5.74, 6) is 6.50. The van der Waals surface area contributed by atoms with E-state index in [1.54, 1.807) is 0 Å². The summed E-state index contributed by atoms with van der Waals surface area (Å²) in [6.45, 7) is 1.09. The molecule has 2 unspecified atom stereocenters. The lowest BCUT2D eigenvalue weighted by Crippen LogP contribution is -2.47. The van der Waals surface area contributed by atoms with Gasteiger partial charge in [-0.2, -0.15) is 4.37 Å². The Morgan fingerprint density at radius 2 is 2.13 bits per heavy atom. The molecule has 1 fully saturated rings. The number of nitrogens with one attached hydrogen (secondary N) is 1. The van der Waals surface area contributed by atoms with E-state index >= 15 is 0 Å². The number of rotatable bonds is 5. The van der Waals surface area contributed by atoms with Crippen LogP contribution in [0, 0.1) is 11.8 Å². The van der Waals surface area contributed by atoms with E-state index < -0.39 is 10.0 Å². The van der Waals surface area contributed by atoms with E-state index in [1.165, 1.54) is 31.2 Å². The summed E-state index contributed by atoms with van der Waals surface area (Å²) in [6, 6.07) is 0.765. The molecule has 1 aromatic heterocycles. The molecule has 1 aromatic rings. The summed E-state index contributed by atoms with van der Waals surface area (Å²) in [4.78, 5) is 6.90. The van der Waals surface area contributed by atoms with Crippen LogP contribution in [0.4, 0.5) is 5.13 Å². The van der Waals surface area contributed by atoms with Gasteiger partial charge in [0.15, 0.2) is 0 Å². The van der Waals surface area contributed by atoms with Crippen LogP contribution in [-0.2, 0) is 10.0 Å². The summed E-state index contributed by atoms with van der Waals surface area (Å²) in [7, 11) is -3.69. The van der Waals surface area contributed by atoms with Gasteiger partial charge in [-0.3, -0.25) is 9.62 Å². The van der Waals surface area contributed by atoms with E-state index in [-0.39, 0.29) is 17.6 Å². The van der Waals surface area contributed by atoms with E-state index in [9.17, 15) is 8.42 Å². The lowest BCUT2D eigenvalue weighted by Gasteiger charge is -2.42. The highest BCUT2D eigenvalue weighted by atomic mass is 32.2. The maximum atomic E-state index is 12.9. The molecule has 162 valence electrons. The van der Waals surface area contributed by atoms with Crippen molar-refractivity contribution in [1.29, 1.82) is 0 Å². The molecular formula is C23H26N4O2S2. The van der Waals surface area contributed by atoms with Crippen molar-refractivity contribution in [2.75, 3.05) is 11.3 Å². The number of anilines is 1. The number of piperidine rings is 1. The highest BCUT2D eigenvalue weighted by Gasteiger charge is 2.36. The molecule has 1 saturated heterocycles. The number of allylic oxidation sites excluding steroid dienone is 6. The number of sulfonamides is 1. The Bertz CT molecular complexity index is 1130. The Hall–Kier alpha value is -2.21. The van der Waals surface area contributed by atoms with E-state index in [0.29, 0.717) is 10.9 Å². The van der Waals surface area contributed by atoms with E-state index in [2.05, 4.69) is 49.0 Å². The topological polar surface area (TPSA) is 75.2 Å². The van der Waals surface area contributed by atoms with Gasteiger partial charge in [0.2, 0.25) is 5.13 Å². The summed E-state index contributed by atoms with van der Waals surface area (Å²) >= 11 is 1.03. The van der Waals surface area contributed by atoms with E-state index in [1.807, 2.05) is 6.08 Å². The zero-order chi connectivity index (χ0) is 21.3. The number of aromatic nitrogens is 2. The molecule has 2 atom stereocenters. The van der Waals surface area contributed by atoms with Gasteiger partial charge in [-0.1, -0.05) is 42.1 Å². The monoisotopic (exact) mass is 454 g/mol. The molecule has 3 aliphatic carbocycles. The van der Waals surface area contributed by atoms with Crippen LogP contribution < -0.4 is 4.72 Å². The van der Waals surface area contributed by atoms with Gasteiger partial charge in [0.25, 0.3) is 10.0 Å². The molecule has 0 saturated carbocycles. The van der Waals surface area contributed by atoms with Crippen molar-refractivity contribution in [3.8, 4) is 11.8 Å². The van der Waals surface area contributed by atoms with Crippen molar-refractivity contribution < 1.29 is 8.42 Å². The molecule has 4 aliphatic rings. The van der Waals surface area contributed by atoms with Gasteiger partial charge in [-0.05, 0) is 56.7 Å². The number of nitrogens with zero attached hydrogens (tertiary/aromatic N) is 3. The first-order chi connectivity index (χ1) is 15.1. The highest BCUT2D eigenvalue weighted by molar-refractivity contribution is 7.96. The predicted octanol–water partition coefficient (Wildman–Crippen LogP) is 4.16. The van der Waals surface area contributed by atoms with Crippen LogP contribution in [0.3, 0.4) is 0 Å². The number of hydrogen-bond donors (Lipinski definition) is 1. The third-order valence-corrected chi connectivity index (χ3v) is 8.66. The van der Waals surface area contributed by atoms with Crippen LogP contribution >= 0.6 is 11.5 Å². The molecular weight excluding hydrogens is 428 g/mol. The third kappa shape index (κ3) is 4.27. The number of likely N-dealkylation sites (tertiary alicyclic amines) is 1. The molecule has 0 spiro atoms. The van der Waals surface area contributed by atoms with Crippen molar-refractivity contribution in [3.05, 3.63) is 52.3 Å². The van der Waals surface area contributed by atoms with Crippen LogP contribution in [0.1, 0.15) is 51.4 Å². The molecule has 2 heterocycles. The van der Waals surface area contributed by atoms with Crippen molar-refractivity contribution in [1.82, 2.24) is 14.3 Å². The maximum absolute atomic E-state index is 12.9. The zero-order valence-electron chi connectivity index (χ0n) is 17.4. The number of hydrogen-bond acceptors (Lipinski definition) is 6. The van der Waals surface area contributed by atoms with Gasteiger partial charge >= 0.3 is 0 Å². The van der Waals surface area contributed by atoms with Gasteiger partial charge in [0.1, 0.15) is 6.33 Å². The first-order valence-electron chi connectivity index (χ1n) is 10.9. The Balaban J connectivity index is 1.42. The average Bonchev–Trinajstić information content (AvgIpc) is 3.38. The Labute approximate surface area is 188 Å². The third-order valence-electron chi connectivity index (χ3n) is 6.53. The Morgan fingerprint density at radius 1 is 1.19 bits per heavy atom. The fourth-order valence-electron chi connectivity index (χ4n) is 5.10. The van der Waals surface area contributed by atoms with Crippen molar-refractivity contribution in [2.24, 2.45) is 0 Å². The summed E-state index contributed by atoms with van der Waals surface area (Å²) < 4.78 is 32.2. The minimum atomic E-state index is -3.69. The maximum Gasteiger partial charge on any atom is 0.260 e. The summed E-state index contributed by atoms with van der Waals surface area (Å²) in [5.41, 5.74) is 3.74. The molecule has 0 aromatic carbocycles. The van der Waals surface area contributed by atoms with Crippen LogP contribution in [0.5, 0.6) is 0 Å². The molecule has 0 amide bonds. The largest absolute Gasteiger partial charge is 0.289 e. The molecule has 5 rings (SSSR count). The quantitative estimate of drug-likeness (QED) is 0.676. The fourth-order valence-corrected chi connectivity index (χ4v) is 6.84. The SMILES string of the molecule is O=S(=O)(Nc1ncns1)C1=CC2=C(C#CC1)C(N1CCCCC1C1=CC=CCC1)CC2. The summed E-state index contributed by atoms with van der Waals surface area (Å²) in [6.07, 6.45) is 18.0. The second-order valence-corrected chi connectivity index (χ2v) is 10.9.